The van der Waals surface area contributed by atoms with E-state index in [1.807, 2.05) is 42.6 Å². The standard InChI is InChI=1S/C18H24N4O/c23-15-5-4-10-21-11-13-22(14-12-21)17-8-9-19-18(20-17)16-6-2-1-3-7-16/h1-3,6-9,23H,4-5,10-15H2. The van der Waals surface area contributed by atoms with Gasteiger partial charge in [0.25, 0.3) is 0 Å². The van der Waals surface area contributed by atoms with E-state index in [4.69, 9.17) is 10.1 Å². The van der Waals surface area contributed by atoms with Crippen LogP contribution in [0.1, 0.15) is 12.8 Å². The van der Waals surface area contributed by atoms with Crippen molar-refractivity contribution in [3.63, 3.8) is 0 Å². The highest BCUT2D eigenvalue weighted by molar-refractivity contribution is 5.57. The van der Waals surface area contributed by atoms with Crippen molar-refractivity contribution < 1.29 is 5.11 Å². The Morgan fingerprint density at radius 1 is 0.957 bits per heavy atom. The quantitative estimate of drug-likeness (QED) is 0.827. The average molecular weight is 312 g/mol. The molecule has 1 N–H and O–H groups in total. The topological polar surface area (TPSA) is 52.5 Å². The van der Waals surface area contributed by atoms with E-state index in [1.165, 1.54) is 0 Å². The molecule has 0 saturated carbocycles. The van der Waals surface area contributed by atoms with Crippen molar-refractivity contribution in [2.24, 2.45) is 0 Å². The first-order chi connectivity index (χ1) is 11.4. The van der Waals surface area contributed by atoms with E-state index in [0.29, 0.717) is 6.61 Å². The lowest BCUT2D eigenvalue weighted by Crippen LogP contribution is -2.47. The number of hydrogen-bond acceptors (Lipinski definition) is 5. The molecule has 1 aromatic carbocycles. The molecule has 0 aliphatic carbocycles. The predicted octanol–water partition coefficient (Wildman–Crippen LogP) is 2.04. The molecule has 2 aromatic rings. The van der Waals surface area contributed by atoms with Crippen LogP contribution in [0.15, 0.2) is 42.6 Å². The molecule has 3 rings (SSSR count). The zero-order chi connectivity index (χ0) is 15.9. The van der Waals surface area contributed by atoms with Gasteiger partial charge in [0.15, 0.2) is 5.82 Å². The van der Waals surface area contributed by atoms with E-state index < -0.39 is 0 Å². The summed E-state index contributed by atoms with van der Waals surface area (Å²) < 4.78 is 0. The van der Waals surface area contributed by atoms with Crippen LogP contribution in [0.5, 0.6) is 0 Å². The molecule has 1 fully saturated rings. The molecule has 1 saturated heterocycles. The fourth-order valence-electron chi connectivity index (χ4n) is 2.90. The number of benzene rings is 1. The molecule has 5 nitrogen and oxygen atoms in total. The molecule has 23 heavy (non-hydrogen) atoms. The lowest BCUT2D eigenvalue weighted by Gasteiger charge is -2.35. The largest absolute Gasteiger partial charge is 0.396 e. The van der Waals surface area contributed by atoms with Gasteiger partial charge in [0.1, 0.15) is 5.82 Å². The minimum absolute atomic E-state index is 0.295. The molecule has 0 bridgehead atoms. The molecular weight excluding hydrogens is 288 g/mol. The van der Waals surface area contributed by atoms with Crippen LogP contribution >= 0.6 is 0 Å². The number of aliphatic hydroxyl groups excluding tert-OH is 1. The lowest BCUT2D eigenvalue weighted by atomic mass is 10.2. The van der Waals surface area contributed by atoms with E-state index in [2.05, 4.69) is 14.8 Å². The third-order valence-corrected chi connectivity index (χ3v) is 4.25. The summed E-state index contributed by atoms with van der Waals surface area (Å²) in [5, 5.41) is 8.87. The summed E-state index contributed by atoms with van der Waals surface area (Å²) in [4.78, 5) is 13.9. The van der Waals surface area contributed by atoms with Gasteiger partial charge in [0, 0.05) is 44.5 Å². The number of hydrogen-bond donors (Lipinski definition) is 1. The van der Waals surface area contributed by atoms with Crippen molar-refractivity contribution >= 4 is 5.82 Å². The fourth-order valence-corrected chi connectivity index (χ4v) is 2.90. The van der Waals surface area contributed by atoms with E-state index in [-0.39, 0.29) is 0 Å². The normalized spacial score (nSPS) is 15.8. The maximum atomic E-state index is 8.87. The first-order valence-corrected chi connectivity index (χ1v) is 8.33. The molecule has 1 aromatic heterocycles. The molecule has 0 spiro atoms. The second kappa shape index (κ2) is 8.04. The number of anilines is 1. The Balaban J connectivity index is 1.61. The van der Waals surface area contributed by atoms with Gasteiger partial charge >= 0.3 is 0 Å². The second-order valence-electron chi connectivity index (χ2n) is 5.86. The Labute approximate surface area is 137 Å². The van der Waals surface area contributed by atoms with Gasteiger partial charge in [-0.05, 0) is 25.5 Å². The van der Waals surface area contributed by atoms with Gasteiger partial charge in [0.2, 0.25) is 0 Å². The number of piperazine rings is 1. The smallest absolute Gasteiger partial charge is 0.161 e. The van der Waals surface area contributed by atoms with Gasteiger partial charge in [-0.2, -0.15) is 0 Å². The molecule has 1 aliphatic rings. The van der Waals surface area contributed by atoms with E-state index in [1.54, 1.807) is 0 Å². The average Bonchev–Trinajstić information content (AvgIpc) is 2.63. The van der Waals surface area contributed by atoms with Crippen LogP contribution in [-0.2, 0) is 0 Å². The molecule has 2 heterocycles. The molecule has 122 valence electrons. The molecule has 0 atom stereocenters. The zero-order valence-electron chi connectivity index (χ0n) is 13.4. The van der Waals surface area contributed by atoms with E-state index >= 15 is 0 Å². The van der Waals surface area contributed by atoms with Gasteiger partial charge in [-0.15, -0.1) is 0 Å². The van der Waals surface area contributed by atoms with Crippen LogP contribution < -0.4 is 4.90 Å². The molecule has 1 aliphatic heterocycles. The van der Waals surface area contributed by atoms with Crippen LogP contribution in [0.4, 0.5) is 5.82 Å². The summed E-state index contributed by atoms with van der Waals surface area (Å²) in [6, 6.07) is 12.1. The maximum Gasteiger partial charge on any atom is 0.161 e. The summed E-state index contributed by atoms with van der Waals surface area (Å²) in [6.07, 6.45) is 3.81. The van der Waals surface area contributed by atoms with Crippen molar-refractivity contribution in [1.29, 1.82) is 0 Å². The number of nitrogens with zero attached hydrogens (tertiary/aromatic N) is 4. The van der Waals surface area contributed by atoms with Crippen molar-refractivity contribution in [2.75, 3.05) is 44.2 Å². The highest BCUT2D eigenvalue weighted by Crippen LogP contribution is 2.19. The van der Waals surface area contributed by atoms with Gasteiger partial charge < -0.3 is 10.0 Å². The Morgan fingerprint density at radius 3 is 2.48 bits per heavy atom. The summed E-state index contributed by atoms with van der Waals surface area (Å²) in [6.45, 7) is 5.46. The van der Waals surface area contributed by atoms with Crippen molar-refractivity contribution in [1.82, 2.24) is 14.9 Å². The zero-order valence-corrected chi connectivity index (χ0v) is 13.4. The maximum absolute atomic E-state index is 8.87. The van der Waals surface area contributed by atoms with Crippen molar-refractivity contribution in [3.05, 3.63) is 42.6 Å². The molecule has 0 unspecified atom stereocenters. The highest BCUT2D eigenvalue weighted by Gasteiger charge is 2.18. The number of rotatable bonds is 6. The SMILES string of the molecule is OCCCCN1CCN(c2ccnc(-c3ccccc3)n2)CC1. The van der Waals surface area contributed by atoms with Crippen LogP contribution in [0.3, 0.4) is 0 Å². The minimum Gasteiger partial charge on any atom is -0.396 e. The summed E-state index contributed by atoms with van der Waals surface area (Å²) in [5.41, 5.74) is 1.05. The van der Waals surface area contributed by atoms with Gasteiger partial charge in [0.05, 0.1) is 0 Å². The summed E-state index contributed by atoms with van der Waals surface area (Å²) in [5.74, 6) is 1.79. The highest BCUT2D eigenvalue weighted by atomic mass is 16.2. The minimum atomic E-state index is 0.295. The Kier molecular flexibility index (Phi) is 5.56. The Morgan fingerprint density at radius 2 is 1.74 bits per heavy atom. The fraction of sp³-hybridized carbons (Fsp3) is 0.444. The molecule has 0 radical (unpaired) electrons. The first-order valence-electron chi connectivity index (χ1n) is 8.33. The van der Waals surface area contributed by atoms with Crippen LogP contribution in [0.2, 0.25) is 0 Å². The Hall–Kier alpha value is -1.98. The first kappa shape index (κ1) is 15.9. The van der Waals surface area contributed by atoms with Crippen molar-refractivity contribution in [2.45, 2.75) is 12.8 Å². The van der Waals surface area contributed by atoms with Crippen molar-refractivity contribution in [3.8, 4) is 11.4 Å². The van der Waals surface area contributed by atoms with Gasteiger partial charge in [-0.3, -0.25) is 4.90 Å². The lowest BCUT2D eigenvalue weighted by molar-refractivity contribution is 0.232. The van der Waals surface area contributed by atoms with E-state index in [9.17, 15) is 0 Å². The van der Waals surface area contributed by atoms with Crippen LogP contribution in [-0.4, -0.2) is 59.3 Å². The summed E-state index contributed by atoms with van der Waals surface area (Å²) >= 11 is 0. The Bertz CT molecular complexity index is 597. The molecular formula is C18H24N4O. The predicted molar refractivity (Wildman–Crippen MR) is 92.4 cm³/mol. The second-order valence-corrected chi connectivity index (χ2v) is 5.86. The van der Waals surface area contributed by atoms with E-state index in [0.717, 1.165) is 62.8 Å². The molecule has 0 amide bonds. The number of aromatic nitrogens is 2. The molecule has 5 heteroatoms. The van der Waals surface area contributed by atoms with Gasteiger partial charge in [-0.1, -0.05) is 30.3 Å². The van der Waals surface area contributed by atoms with Gasteiger partial charge in [-0.25, -0.2) is 9.97 Å². The van der Waals surface area contributed by atoms with Crippen LogP contribution in [0.25, 0.3) is 11.4 Å². The number of aliphatic hydroxyl groups is 1. The number of unbranched alkanes of at least 4 members (excludes halogenated alkanes) is 1. The third kappa shape index (κ3) is 4.27. The third-order valence-electron chi connectivity index (χ3n) is 4.25. The summed E-state index contributed by atoms with van der Waals surface area (Å²) in [7, 11) is 0. The van der Waals surface area contributed by atoms with Crippen LogP contribution in [0, 0.1) is 0 Å². The monoisotopic (exact) mass is 312 g/mol.